The molecule has 116 valence electrons. The third kappa shape index (κ3) is 5.14. The highest BCUT2D eigenvalue weighted by molar-refractivity contribution is 5.76. The van der Waals surface area contributed by atoms with Crippen molar-refractivity contribution >= 4 is 5.91 Å². The summed E-state index contributed by atoms with van der Waals surface area (Å²) in [6, 6.07) is 11.4. The Balaban J connectivity index is 1.78. The summed E-state index contributed by atoms with van der Waals surface area (Å²) < 4.78 is 0. The fraction of sp³-hybridized carbons (Fsp3) is 0.588. The van der Waals surface area contributed by atoms with Crippen molar-refractivity contribution in [1.82, 2.24) is 10.2 Å². The van der Waals surface area contributed by atoms with Crippen molar-refractivity contribution in [3.63, 3.8) is 0 Å². The first-order valence-corrected chi connectivity index (χ1v) is 7.96. The zero-order chi connectivity index (χ0) is 15.1. The van der Waals surface area contributed by atoms with Gasteiger partial charge in [-0.1, -0.05) is 30.3 Å². The van der Waals surface area contributed by atoms with Gasteiger partial charge in [0.2, 0.25) is 5.91 Å². The Bertz CT molecular complexity index is 435. The fourth-order valence-corrected chi connectivity index (χ4v) is 2.97. The number of likely N-dealkylation sites (tertiary alicyclic amines) is 1. The molecule has 0 radical (unpaired) electrons. The van der Waals surface area contributed by atoms with Crippen molar-refractivity contribution in [2.45, 2.75) is 51.2 Å². The molecule has 21 heavy (non-hydrogen) atoms. The number of rotatable bonds is 6. The standard InChI is InChI=1S/C17H27N3O/c1-14-12-16(19-17(21)8-5-10-18)9-11-20(14)13-15-6-3-2-4-7-15/h2-4,6-7,14,16H,5,8-13,18H2,1H3,(H,19,21). The average Bonchev–Trinajstić information content (AvgIpc) is 2.49. The van der Waals surface area contributed by atoms with Crippen LogP contribution in [0.4, 0.5) is 0 Å². The van der Waals surface area contributed by atoms with E-state index in [1.807, 2.05) is 0 Å². The minimum absolute atomic E-state index is 0.147. The second kappa shape index (κ2) is 8.15. The van der Waals surface area contributed by atoms with Crippen LogP contribution in [0, 0.1) is 0 Å². The van der Waals surface area contributed by atoms with E-state index in [-0.39, 0.29) is 5.91 Å². The molecule has 4 nitrogen and oxygen atoms in total. The van der Waals surface area contributed by atoms with Gasteiger partial charge in [0.25, 0.3) is 0 Å². The van der Waals surface area contributed by atoms with Gasteiger partial charge >= 0.3 is 0 Å². The molecule has 0 spiro atoms. The lowest BCUT2D eigenvalue weighted by Gasteiger charge is -2.38. The molecule has 0 saturated carbocycles. The smallest absolute Gasteiger partial charge is 0.220 e. The normalized spacial score (nSPS) is 23.0. The third-order valence-corrected chi connectivity index (χ3v) is 4.22. The van der Waals surface area contributed by atoms with Crippen LogP contribution in [-0.4, -0.2) is 36.0 Å². The van der Waals surface area contributed by atoms with Crippen molar-refractivity contribution in [2.75, 3.05) is 13.1 Å². The van der Waals surface area contributed by atoms with E-state index in [0.717, 1.165) is 32.4 Å². The number of benzene rings is 1. The van der Waals surface area contributed by atoms with Crippen LogP contribution in [0.1, 0.15) is 38.2 Å². The Morgan fingerprint density at radius 1 is 1.38 bits per heavy atom. The highest BCUT2D eigenvalue weighted by Crippen LogP contribution is 2.20. The summed E-state index contributed by atoms with van der Waals surface area (Å²) >= 11 is 0. The summed E-state index contributed by atoms with van der Waals surface area (Å²) in [6.45, 7) is 4.87. The molecular weight excluding hydrogens is 262 g/mol. The van der Waals surface area contributed by atoms with Gasteiger partial charge in [-0.05, 0) is 38.3 Å². The molecule has 2 atom stereocenters. The van der Waals surface area contributed by atoms with Crippen LogP contribution in [0.15, 0.2) is 30.3 Å². The molecule has 0 aromatic heterocycles. The Kier molecular flexibility index (Phi) is 6.21. The SMILES string of the molecule is CC1CC(NC(=O)CCCN)CCN1Cc1ccccc1. The highest BCUT2D eigenvalue weighted by Gasteiger charge is 2.26. The van der Waals surface area contributed by atoms with Gasteiger partial charge in [-0.25, -0.2) is 0 Å². The molecule has 2 unspecified atom stereocenters. The van der Waals surface area contributed by atoms with E-state index in [1.54, 1.807) is 0 Å². The second-order valence-electron chi connectivity index (χ2n) is 5.99. The van der Waals surface area contributed by atoms with E-state index < -0.39 is 0 Å². The minimum Gasteiger partial charge on any atom is -0.353 e. The minimum atomic E-state index is 0.147. The number of piperidine rings is 1. The van der Waals surface area contributed by atoms with Crippen LogP contribution in [0.2, 0.25) is 0 Å². The Morgan fingerprint density at radius 3 is 2.81 bits per heavy atom. The maximum absolute atomic E-state index is 11.8. The number of carbonyl (C=O) groups excluding carboxylic acids is 1. The van der Waals surface area contributed by atoms with Gasteiger partial charge in [0.1, 0.15) is 0 Å². The molecule has 1 fully saturated rings. The lowest BCUT2D eigenvalue weighted by atomic mass is 9.97. The number of hydrogen-bond acceptors (Lipinski definition) is 3. The molecule has 1 aliphatic rings. The quantitative estimate of drug-likeness (QED) is 0.841. The first-order valence-electron chi connectivity index (χ1n) is 7.96. The van der Waals surface area contributed by atoms with Crippen LogP contribution in [0.3, 0.4) is 0 Å². The summed E-state index contributed by atoms with van der Waals surface area (Å²) in [5.41, 5.74) is 6.79. The summed E-state index contributed by atoms with van der Waals surface area (Å²) in [5, 5.41) is 3.15. The third-order valence-electron chi connectivity index (χ3n) is 4.22. The van der Waals surface area contributed by atoms with Crippen molar-refractivity contribution in [3.8, 4) is 0 Å². The van der Waals surface area contributed by atoms with Gasteiger partial charge < -0.3 is 11.1 Å². The molecule has 2 rings (SSSR count). The molecule has 1 aromatic rings. The first kappa shape index (κ1) is 16.0. The van der Waals surface area contributed by atoms with Gasteiger partial charge in [-0.3, -0.25) is 9.69 Å². The van der Waals surface area contributed by atoms with Crippen LogP contribution < -0.4 is 11.1 Å². The van der Waals surface area contributed by atoms with E-state index in [9.17, 15) is 4.79 Å². The largest absolute Gasteiger partial charge is 0.353 e. The molecule has 1 aliphatic heterocycles. The van der Waals surface area contributed by atoms with Crippen LogP contribution in [0.25, 0.3) is 0 Å². The molecule has 1 saturated heterocycles. The predicted octanol–water partition coefficient (Wildman–Crippen LogP) is 1.89. The van der Waals surface area contributed by atoms with Gasteiger partial charge in [0, 0.05) is 31.6 Å². The topological polar surface area (TPSA) is 58.4 Å². The molecule has 1 amide bonds. The van der Waals surface area contributed by atoms with Gasteiger partial charge in [-0.2, -0.15) is 0 Å². The van der Waals surface area contributed by atoms with E-state index in [0.29, 0.717) is 25.0 Å². The van der Waals surface area contributed by atoms with E-state index >= 15 is 0 Å². The maximum Gasteiger partial charge on any atom is 0.220 e. The second-order valence-corrected chi connectivity index (χ2v) is 5.99. The predicted molar refractivity (Wildman–Crippen MR) is 85.8 cm³/mol. The number of amides is 1. The monoisotopic (exact) mass is 289 g/mol. The zero-order valence-corrected chi connectivity index (χ0v) is 12.9. The van der Waals surface area contributed by atoms with Gasteiger partial charge in [-0.15, -0.1) is 0 Å². The number of hydrogen-bond donors (Lipinski definition) is 2. The zero-order valence-electron chi connectivity index (χ0n) is 12.9. The Hall–Kier alpha value is -1.39. The van der Waals surface area contributed by atoms with E-state index in [2.05, 4.69) is 47.5 Å². The van der Waals surface area contributed by atoms with Crippen molar-refractivity contribution in [2.24, 2.45) is 5.73 Å². The number of nitrogens with one attached hydrogen (secondary N) is 1. The molecule has 1 aromatic carbocycles. The summed E-state index contributed by atoms with van der Waals surface area (Å²) in [7, 11) is 0. The van der Waals surface area contributed by atoms with Crippen molar-refractivity contribution < 1.29 is 4.79 Å². The van der Waals surface area contributed by atoms with Crippen LogP contribution in [0.5, 0.6) is 0 Å². The van der Waals surface area contributed by atoms with E-state index in [1.165, 1.54) is 5.56 Å². The highest BCUT2D eigenvalue weighted by atomic mass is 16.1. The molecule has 3 N–H and O–H groups in total. The molecule has 1 heterocycles. The summed E-state index contributed by atoms with van der Waals surface area (Å²) in [6.07, 6.45) is 3.39. The van der Waals surface area contributed by atoms with Crippen molar-refractivity contribution in [1.29, 1.82) is 0 Å². The van der Waals surface area contributed by atoms with Gasteiger partial charge in [0.05, 0.1) is 0 Å². The van der Waals surface area contributed by atoms with Crippen LogP contribution >= 0.6 is 0 Å². The lowest BCUT2D eigenvalue weighted by Crippen LogP contribution is -2.48. The summed E-state index contributed by atoms with van der Waals surface area (Å²) in [4.78, 5) is 14.3. The van der Waals surface area contributed by atoms with Crippen molar-refractivity contribution in [3.05, 3.63) is 35.9 Å². The van der Waals surface area contributed by atoms with E-state index in [4.69, 9.17) is 5.73 Å². The molecule has 0 aliphatic carbocycles. The summed E-state index contributed by atoms with van der Waals surface area (Å²) in [5.74, 6) is 0.147. The maximum atomic E-state index is 11.8. The lowest BCUT2D eigenvalue weighted by molar-refractivity contribution is -0.122. The molecular formula is C17H27N3O. The Morgan fingerprint density at radius 2 is 2.14 bits per heavy atom. The van der Waals surface area contributed by atoms with Gasteiger partial charge in [0.15, 0.2) is 0 Å². The number of nitrogens with zero attached hydrogens (tertiary/aromatic N) is 1. The molecule has 0 bridgehead atoms. The molecule has 4 heteroatoms. The average molecular weight is 289 g/mol. The Labute approximate surface area is 127 Å². The van der Waals surface area contributed by atoms with Crippen LogP contribution in [-0.2, 0) is 11.3 Å². The number of carbonyl (C=O) groups is 1. The fourth-order valence-electron chi connectivity index (χ4n) is 2.97. The number of nitrogens with two attached hydrogens (primary N) is 1. The first-order chi connectivity index (χ1) is 10.2.